The summed E-state index contributed by atoms with van der Waals surface area (Å²) in [6.07, 6.45) is 1.91. The fourth-order valence-corrected chi connectivity index (χ4v) is 3.13. The van der Waals surface area contributed by atoms with Crippen molar-refractivity contribution >= 4 is 21.6 Å². The van der Waals surface area contributed by atoms with E-state index < -0.39 is 16.1 Å². The minimum Gasteiger partial charge on any atom is -0.398 e. The average molecular weight is 297 g/mol. The number of carbonyl (C=O) groups is 1. The van der Waals surface area contributed by atoms with Gasteiger partial charge in [-0.25, -0.2) is 8.42 Å². The second-order valence-electron chi connectivity index (χ2n) is 5.17. The molecule has 0 radical (unpaired) electrons. The number of aryl methyl sites for hydroxylation is 1. The van der Waals surface area contributed by atoms with E-state index in [-0.39, 0.29) is 22.5 Å². The molecule has 2 rings (SSSR count). The van der Waals surface area contributed by atoms with Crippen molar-refractivity contribution in [1.29, 1.82) is 0 Å². The summed E-state index contributed by atoms with van der Waals surface area (Å²) in [5.74, 6) is -0.318. The molecule has 7 heteroatoms. The van der Waals surface area contributed by atoms with Gasteiger partial charge in [-0.3, -0.25) is 4.79 Å². The van der Waals surface area contributed by atoms with E-state index >= 15 is 0 Å². The van der Waals surface area contributed by atoms with Crippen LogP contribution in [0.25, 0.3) is 0 Å². The van der Waals surface area contributed by atoms with Crippen LogP contribution in [0, 0.1) is 6.92 Å². The smallest absolute Gasteiger partial charge is 0.243 e. The molecule has 0 saturated heterocycles. The molecule has 4 N–H and O–H groups in total. The molecule has 0 heterocycles. The van der Waals surface area contributed by atoms with Crippen molar-refractivity contribution in [2.24, 2.45) is 0 Å². The maximum absolute atomic E-state index is 12.2. The quantitative estimate of drug-likeness (QED) is 0.690. The molecule has 1 amide bonds. The maximum Gasteiger partial charge on any atom is 0.243 e. The van der Waals surface area contributed by atoms with Crippen LogP contribution >= 0.6 is 0 Å². The first kappa shape index (κ1) is 14.8. The normalized spacial score (nSPS) is 16.7. The minimum absolute atomic E-state index is 0.00540. The summed E-state index contributed by atoms with van der Waals surface area (Å²) in [4.78, 5) is 11.8. The summed E-state index contributed by atoms with van der Waals surface area (Å²) < 4.78 is 26.8. The van der Waals surface area contributed by atoms with Gasteiger partial charge in [0, 0.05) is 6.04 Å². The molecular weight excluding hydrogens is 278 g/mol. The van der Waals surface area contributed by atoms with Gasteiger partial charge in [0.2, 0.25) is 15.9 Å². The zero-order chi connectivity index (χ0) is 14.9. The third kappa shape index (κ3) is 3.49. The van der Waals surface area contributed by atoms with E-state index in [0.29, 0.717) is 0 Å². The van der Waals surface area contributed by atoms with Gasteiger partial charge in [-0.05, 0) is 44.4 Å². The van der Waals surface area contributed by atoms with E-state index in [4.69, 9.17) is 5.73 Å². The Morgan fingerprint density at radius 1 is 1.40 bits per heavy atom. The van der Waals surface area contributed by atoms with E-state index in [9.17, 15) is 13.2 Å². The summed E-state index contributed by atoms with van der Waals surface area (Å²) in [6, 6.07) is 4.06. The zero-order valence-electron chi connectivity index (χ0n) is 11.5. The highest BCUT2D eigenvalue weighted by molar-refractivity contribution is 7.89. The van der Waals surface area contributed by atoms with Crippen LogP contribution in [0.3, 0.4) is 0 Å². The van der Waals surface area contributed by atoms with Crippen molar-refractivity contribution in [3.05, 3.63) is 23.8 Å². The van der Waals surface area contributed by atoms with Gasteiger partial charge in [0.1, 0.15) is 4.90 Å². The van der Waals surface area contributed by atoms with Crippen molar-refractivity contribution in [3.8, 4) is 0 Å². The number of nitrogens with one attached hydrogen (secondary N) is 2. The Morgan fingerprint density at radius 3 is 2.60 bits per heavy atom. The summed E-state index contributed by atoms with van der Waals surface area (Å²) in [5.41, 5.74) is 6.78. The van der Waals surface area contributed by atoms with Crippen LogP contribution in [0.1, 0.15) is 25.3 Å². The number of rotatable bonds is 5. The molecular formula is C13H19N3O3S. The number of nitrogen functional groups attached to an aromatic ring is 1. The number of nitrogens with two attached hydrogens (primary N) is 1. The Hall–Kier alpha value is -1.60. The maximum atomic E-state index is 12.2. The number of anilines is 1. The number of benzene rings is 1. The molecule has 0 spiro atoms. The molecule has 1 unspecified atom stereocenters. The van der Waals surface area contributed by atoms with Crippen molar-refractivity contribution < 1.29 is 13.2 Å². The number of sulfonamides is 1. The van der Waals surface area contributed by atoms with Crippen LogP contribution in [-0.2, 0) is 14.8 Å². The van der Waals surface area contributed by atoms with E-state index in [1.807, 2.05) is 6.92 Å². The minimum atomic E-state index is -3.80. The Labute approximate surface area is 118 Å². The van der Waals surface area contributed by atoms with Crippen molar-refractivity contribution in [3.63, 3.8) is 0 Å². The van der Waals surface area contributed by atoms with E-state index in [1.165, 1.54) is 13.0 Å². The molecule has 1 aromatic carbocycles. The van der Waals surface area contributed by atoms with E-state index in [2.05, 4.69) is 10.0 Å². The summed E-state index contributed by atoms with van der Waals surface area (Å²) in [6.45, 7) is 3.34. The van der Waals surface area contributed by atoms with Crippen LogP contribution < -0.4 is 15.8 Å². The molecule has 0 aliphatic heterocycles. The SMILES string of the molecule is Cc1ccc(S(=O)(=O)NC(C)C(=O)NC2CC2)c(N)c1. The van der Waals surface area contributed by atoms with Crippen molar-refractivity contribution in [2.75, 3.05) is 5.73 Å². The van der Waals surface area contributed by atoms with Gasteiger partial charge in [0.05, 0.1) is 11.7 Å². The molecule has 1 aromatic rings. The van der Waals surface area contributed by atoms with Crippen LogP contribution in [0.4, 0.5) is 5.69 Å². The van der Waals surface area contributed by atoms with Crippen molar-refractivity contribution in [2.45, 2.75) is 43.7 Å². The summed E-state index contributed by atoms with van der Waals surface area (Å²) in [5, 5.41) is 2.75. The summed E-state index contributed by atoms with van der Waals surface area (Å²) >= 11 is 0. The number of amides is 1. The third-order valence-electron chi connectivity index (χ3n) is 3.10. The lowest BCUT2D eigenvalue weighted by Crippen LogP contribution is -2.45. The molecule has 6 nitrogen and oxygen atoms in total. The van der Waals surface area contributed by atoms with Crippen molar-refractivity contribution in [1.82, 2.24) is 10.0 Å². The molecule has 0 bridgehead atoms. The van der Waals surface area contributed by atoms with Gasteiger partial charge < -0.3 is 11.1 Å². The highest BCUT2D eigenvalue weighted by Gasteiger charge is 2.28. The van der Waals surface area contributed by atoms with Gasteiger partial charge in [-0.15, -0.1) is 0 Å². The first-order valence-electron chi connectivity index (χ1n) is 6.48. The van der Waals surface area contributed by atoms with Gasteiger partial charge in [0.25, 0.3) is 0 Å². The third-order valence-corrected chi connectivity index (χ3v) is 4.72. The molecule has 1 saturated carbocycles. The Balaban J connectivity index is 2.11. The second kappa shape index (κ2) is 5.41. The summed E-state index contributed by atoms with van der Waals surface area (Å²) in [7, 11) is -3.80. The van der Waals surface area contributed by atoms with Crippen LogP contribution in [-0.4, -0.2) is 26.4 Å². The van der Waals surface area contributed by atoms with E-state index in [0.717, 1.165) is 18.4 Å². The van der Waals surface area contributed by atoms with Gasteiger partial charge in [0.15, 0.2) is 0 Å². The van der Waals surface area contributed by atoms with Crippen LogP contribution in [0.2, 0.25) is 0 Å². The zero-order valence-corrected chi connectivity index (χ0v) is 12.3. The van der Waals surface area contributed by atoms with Gasteiger partial charge in [-0.1, -0.05) is 6.07 Å². The number of carbonyl (C=O) groups excluding carboxylic acids is 1. The first-order valence-corrected chi connectivity index (χ1v) is 7.97. The predicted molar refractivity (Wildman–Crippen MR) is 76.5 cm³/mol. The lowest BCUT2D eigenvalue weighted by Gasteiger charge is -2.15. The second-order valence-corrected chi connectivity index (χ2v) is 6.85. The average Bonchev–Trinajstić information content (AvgIpc) is 3.11. The predicted octanol–water partition coefficient (Wildman–Crippen LogP) is 0.523. The molecule has 110 valence electrons. The molecule has 0 aromatic heterocycles. The lowest BCUT2D eigenvalue weighted by molar-refractivity contribution is -0.122. The fourth-order valence-electron chi connectivity index (χ4n) is 1.82. The Morgan fingerprint density at radius 2 is 2.05 bits per heavy atom. The highest BCUT2D eigenvalue weighted by atomic mass is 32.2. The number of hydrogen-bond donors (Lipinski definition) is 3. The topological polar surface area (TPSA) is 101 Å². The number of hydrogen-bond acceptors (Lipinski definition) is 4. The largest absolute Gasteiger partial charge is 0.398 e. The Bertz CT molecular complexity index is 624. The molecule has 1 fully saturated rings. The molecule has 20 heavy (non-hydrogen) atoms. The van der Waals surface area contributed by atoms with Gasteiger partial charge >= 0.3 is 0 Å². The van der Waals surface area contributed by atoms with Gasteiger partial charge in [-0.2, -0.15) is 4.72 Å². The Kier molecular flexibility index (Phi) is 4.01. The standard InChI is InChI=1S/C13H19N3O3S/c1-8-3-6-12(11(14)7-8)20(18,19)16-9(2)13(17)15-10-4-5-10/h3,6-7,9-10,16H,4-5,14H2,1-2H3,(H,15,17). The molecule has 1 aliphatic carbocycles. The highest BCUT2D eigenvalue weighted by Crippen LogP contribution is 2.20. The molecule has 1 aliphatic rings. The van der Waals surface area contributed by atoms with E-state index in [1.54, 1.807) is 12.1 Å². The molecule has 1 atom stereocenters. The fraction of sp³-hybridized carbons (Fsp3) is 0.462. The first-order chi connectivity index (χ1) is 9.29. The lowest BCUT2D eigenvalue weighted by atomic mass is 10.2. The monoisotopic (exact) mass is 297 g/mol. The van der Waals surface area contributed by atoms with Crippen LogP contribution in [0.15, 0.2) is 23.1 Å². The van der Waals surface area contributed by atoms with Crippen LogP contribution in [0.5, 0.6) is 0 Å².